The molecule has 7 heteroatoms. The van der Waals surface area contributed by atoms with Gasteiger partial charge in [-0.3, -0.25) is 4.79 Å². The zero-order valence-corrected chi connectivity index (χ0v) is 10.0. The molecule has 0 saturated carbocycles. The molecular weight excluding hydrogens is 271 g/mol. The first-order valence-electron chi connectivity index (χ1n) is 4.83. The minimum Gasteiger partial charge on any atom is -0.386 e. The molecule has 0 aromatic heterocycles. The first kappa shape index (κ1) is 14.5. The second kappa shape index (κ2) is 5.86. The summed E-state index contributed by atoms with van der Waals surface area (Å²) in [4.78, 5) is 14.9. The Morgan fingerprint density at radius 1 is 1.44 bits per heavy atom. The van der Waals surface area contributed by atoms with Gasteiger partial charge in [0.15, 0.2) is 6.61 Å². The predicted octanol–water partition coefficient (Wildman–Crippen LogP) is 3.21. The molecule has 0 bridgehead atoms. The lowest BCUT2D eigenvalue weighted by molar-refractivity contribution is -0.137. The van der Waals surface area contributed by atoms with Crippen molar-refractivity contribution in [3.8, 4) is 0 Å². The van der Waals surface area contributed by atoms with Crippen LogP contribution in [-0.4, -0.2) is 17.6 Å². The molecule has 3 nitrogen and oxygen atoms in total. The highest BCUT2D eigenvalue weighted by Gasteiger charge is 2.30. The van der Waals surface area contributed by atoms with Crippen molar-refractivity contribution in [3.05, 3.63) is 35.4 Å². The smallest absolute Gasteiger partial charge is 0.386 e. The van der Waals surface area contributed by atoms with E-state index in [2.05, 4.69) is 9.99 Å². The Bertz CT molecular complexity index is 472. The molecule has 0 atom stereocenters. The number of hydrogen-bond acceptors (Lipinski definition) is 3. The van der Waals surface area contributed by atoms with Gasteiger partial charge in [0, 0.05) is 0 Å². The second-order valence-corrected chi connectivity index (χ2v) is 3.81. The summed E-state index contributed by atoms with van der Waals surface area (Å²) in [5, 5.41) is 2.76. The van der Waals surface area contributed by atoms with Crippen molar-refractivity contribution >= 4 is 22.6 Å². The van der Waals surface area contributed by atoms with Gasteiger partial charge in [0.1, 0.15) is 0 Å². The van der Waals surface area contributed by atoms with Gasteiger partial charge in [-0.15, -0.1) is 0 Å². The number of hydrogen-bond donors (Lipinski definition) is 0. The van der Waals surface area contributed by atoms with Crippen molar-refractivity contribution in [1.82, 2.24) is 0 Å². The highest BCUT2D eigenvalue weighted by Crippen LogP contribution is 2.29. The Balaban J connectivity index is 2.86. The summed E-state index contributed by atoms with van der Waals surface area (Å²) in [6, 6.07) is 4.63. The third-order valence-electron chi connectivity index (χ3n) is 1.99. The summed E-state index contributed by atoms with van der Waals surface area (Å²) in [5.74, 6) is 0. The molecule has 0 aliphatic rings. The molecule has 18 heavy (non-hydrogen) atoms. The molecular formula is C11H9ClF3NO2. The number of carbonyl (C=O) groups excluding carboxylic acids is 1. The molecule has 1 rings (SSSR count). The topological polar surface area (TPSA) is 38.7 Å². The summed E-state index contributed by atoms with van der Waals surface area (Å²) < 4.78 is 37.4. The van der Waals surface area contributed by atoms with E-state index < -0.39 is 23.6 Å². The molecule has 1 aromatic rings. The molecule has 0 aliphatic heterocycles. The van der Waals surface area contributed by atoms with E-state index in [1.807, 2.05) is 0 Å². The van der Waals surface area contributed by atoms with Crippen molar-refractivity contribution in [1.29, 1.82) is 0 Å². The lowest BCUT2D eigenvalue weighted by Crippen LogP contribution is -2.07. The molecule has 0 saturated heterocycles. The quantitative estimate of drug-likeness (QED) is 0.482. The maximum Gasteiger partial charge on any atom is 0.416 e. The average Bonchev–Trinajstić information content (AvgIpc) is 2.27. The number of nitrogens with zero attached hydrogens (tertiary/aromatic N) is 1. The van der Waals surface area contributed by atoms with E-state index in [1.165, 1.54) is 19.1 Å². The van der Waals surface area contributed by atoms with Gasteiger partial charge in [0.25, 0.3) is 5.24 Å². The van der Waals surface area contributed by atoms with Crippen LogP contribution in [0.1, 0.15) is 18.1 Å². The first-order chi connectivity index (χ1) is 8.30. The zero-order chi connectivity index (χ0) is 13.8. The van der Waals surface area contributed by atoms with Crippen LogP contribution in [0.15, 0.2) is 29.4 Å². The molecule has 0 heterocycles. The van der Waals surface area contributed by atoms with E-state index in [4.69, 9.17) is 11.6 Å². The van der Waals surface area contributed by atoms with Crippen LogP contribution >= 0.6 is 11.6 Å². The van der Waals surface area contributed by atoms with E-state index in [9.17, 15) is 18.0 Å². The monoisotopic (exact) mass is 279 g/mol. The summed E-state index contributed by atoms with van der Waals surface area (Å²) >= 11 is 5.01. The third kappa shape index (κ3) is 4.37. The number of carbonyl (C=O) groups is 1. The molecule has 0 amide bonds. The van der Waals surface area contributed by atoms with Crippen LogP contribution in [-0.2, 0) is 15.8 Å². The predicted molar refractivity (Wildman–Crippen MR) is 60.5 cm³/mol. The minimum absolute atomic E-state index is 0.221. The molecule has 1 aromatic carbocycles. The van der Waals surface area contributed by atoms with Gasteiger partial charge in [-0.25, -0.2) is 0 Å². The van der Waals surface area contributed by atoms with E-state index in [1.54, 1.807) is 0 Å². The van der Waals surface area contributed by atoms with Gasteiger partial charge >= 0.3 is 6.18 Å². The van der Waals surface area contributed by atoms with E-state index in [0.29, 0.717) is 0 Å². The molecule has 0 N–H and O–H groups in total. The average molecular weight is 280 g/mol. The van der Waals surface area contributed by atoms with Crippen molar-refractivity contribution in [2.75, 3.05) is 6.61 Å². The van der Waals surface area contributed by atoms with E-state index in [0.717, 1.165) is 12.1 Å². The van der Waals surface area contributed by atoms with Crippen LogP contribution in [0.5, 0.6) is 0 Å². The van der Waals surface area contributed by atoms with Crippen molar-refractivity contribution in [2.45, 2.75) is 13.1 Å². The normalized spacial score (nSPS) is 12.4. The van der Waals surface area contributed by atoms with Gasteiger partial charge in [-0.1, -0.05) is 17.3 Å². The van der Waals surface area contributed by atoms with Gasteiger partial charge in [0.2, 0.25) is 0 Å². The summed E-state index contributed by atoms with van der Waals surface area (Å²) in [6.07, 6.45) is -4.41. The lowest BCUT2D eigenvalue weighted by atomic mass is 10.1. The third-order valence-corrected chi connectivity index (χ3v) is 2.10. The summed E-state index contributed by atoms with van der Waals surface area (Å²) in [7, 11) is 0. The minimum atomic E-state index is -4.41. The highest BCUT2D eigenvalue weighted by atomic mass is 35.5. The molecule has 0 radical (unpaired) electrons. The number of halogens is 4. The molecule has 0 fully saturated rings. The Hall–Kier alpha value is -1.56. The Morgan fingerprint density at radius 3 is 2.67 bits per heavy atom. The van der Waals surface area contributed by atoms with Crippen LogP contribution in [0, 0.1) is 0 Å². The van der Waals surface area contributed by atoms with Crippen LogP contribution in [0.4, 0.5) is 13.2 Å². The Morgan fingerprint density at radius 2 is 2.11 bits per heavy atom. The molecule has 98 valence electrons. The van der Waals surface area contributed by atoms with Gasteiger partial charge in [-0.05, 0) is 36.2 Å². The van der Waals surface area contributed by atoms with Crippen molar-refractivity contribution in [3.63, 3.8) is 0 Å². The number of alkyl halides is 3. The zero-order valence-electron chi connectivity index (χ0n) is 9.29. The summed E-state index contributed by atoms with van der Waals surface area (Å²) in [5.41, 5.74) is -0.297. The van der Waals surface area contributed by atoms with Crippen LogP contribution in [0.3, 0.4) is 0 Å². The standard InChI is InChI=1S/C11H9ClF3NO2/c1-7(16-18-6-10(12)17)8-3-2-4-9(5-8)11(13,14)15/h2-5H,6H2,1H3/b16-7+. The van der Waals surface area contributed by atoms with Crippen LogP contribution in [0.2, 0.25) is 0 Å². The van der Waals surface area contributed by atoms with Gasteiger partial charge < -0.3 is 4.84 Å². The maximum absolute atomic E-state index is 12.5. The number of rotatable bonds is 4. The largest absolute Gasteiger partial charge is 0.416 e. The molecule has 0 unspecified atom stereocenters. The first-order valence-corrected chi connectivity index (χ1v) is 5.21. The fraction of sp³-hybridized carbons (Fsp3) is 0.273. The number of benzene rings is 1. The van der Waals surface area contributed by atoms with Crippen LogP contribution in [0.25, 0.3) is 0 Å². The number of oxime groups is 1. The fourth-order valence-electron chi connectivity index (χ4n) is 1.15. The van der Waals surface area contributed by atoms with Crippen molar-refractivity contribution < 1.29 is 22.8 Å². The molecule has 0 aliphatic carbocycles. The SMILES string of the molecule is C/C(=N\OCC(=O)Cl)c1cccc(C(F)(F)F)c1. The second-order valence-electron chi connectivity index (χ2n) is 3.38. The Kier molecular flexibility index (Phi) is 4.72. The lowest BCUT2D eigenvalue weighted by Gasteiger charge is -2.08. The molecule has 0 spiro atoms. The highest BCUT2D eigenvalue weighted by molar-refractivity contribution is 6.63. The van der Waals surface area contributed by atoms with Crippen LogP contribution < -0.4 is 0 Å². The van der Waals surface area contributed by atoms with Gasteiger partial charge in [-0.2, -0.15) is 13.2 Å². The summed E-state index contributed by atoms with van der Waals surface area (Å²) in [6.45, 7) is 1.03. The van der Waals surface area contributed by atoms with Crippen molar-refractivity contribution in [2.24, 2.45) is 5.16 Å². The fourth-order valence-corrected chi connectivity index (χ4v) is 1.20. The maximum atomic E-state index is 12.5. The Labute approximate surface area is 106 Å². The van der Waals surface area contributed by atoms with E-state index in [-0.39, 0.29) is 11.3 Å². The van der Waals surface area contributed by atoms with E-state index >= 15 is 0 Å². The van der Waals surface area contributed by atoms with Gasteiger partial charge in [0.05, 0.1) is 11.3 Å².